The van der Waals surface area contributed by atoms with Gasteiger partial charge in [-0.1, -0.05) is 30.3 Å². The van der Waals surface area contributed by atoms with Gasteiger partial charge in [-0.3, -0.25) is 4.79 Å². The van der Waals surface area contributed by atoms with E-state index >= 15 is 0 Å². The summed E-state index contributed by atoms with van der Waals surface area (Å²) in [6.07, 6.45) is 4.48. The van der Waals surface area contributed by atoms with Gasteiger partial charge in [0.25, 0.3) is 5.56 Å². The van der Waals surface area contributed by atoms with Gasteiger partial charge in [-0.15, -0.1) is 0 Å². The molecule has 2 atom stereocenters. The van der Waals surface area contributed by atoms with E-state index in [1.165, 1.54) is 10.7 Å². The van der Waals surface area contributed by atoms with Gasteiger partial charge in [0.05, 0.1) is 42.9 Å². The predicted molar refractivity (Wildman–Crippen MR) is 131 cm³/mol. The van der Waals surface area contributed by atoms with Gasteiger partial charge in [0.2, 0.25) is 0 Å². The van der Waals surface area contributed by atoms with Crippen molar-refractivity contribution in [2.45, 2.75) is 13.0 Å². The number of aromatic nitrogens is 4. The molecule has 0 radical (unpaired) electrons. The molecule has 0 amide bonds. The van der Waals surface area contributed by atoms with Gasteiger partial charge < -0.3 is 10.5 Å². The highest BCUT2D eigenvalue weighted by Crippen LogP contribution is 2.37. The first-order valence-corrected chi connectivity index (χ1v) is 11.5. The van der Waals surface area contributed by atoms with Crippen molar-refractivity contribution in [3.8, 4) is 34.5 Å². The first-order valence-electron chi connectivity index (χ1n) is 11.5. The van der Waals surface area contributed by atoms with Gasteiger partial charge in [-0.25, -0.2) is 14.6 Å². The first kappa shape index (κ1) is 22.4. The molecule has 5 rings (SSSR count). The smallest absolute Gasteiger partial charge is 0.267 e. The Morgan fingerprint density at radius 3 is 2.60 bits per heavy atom. The van der Waals surface area contributed by atoms with E-state index in [0.717, 1.165) is 23.1 Å². The highest BCUT2D eigenvalue weighted by atomic mass is 16.5. The maximum atomic E-state index is 12.5. The van der Waals surface area contributed by atoms with Gasteiger partial charge in [0.1, 0.15) is 0 Å². The molecule has 1 saturated carbocycles. The minimum atomic E-state index is -0.208. The Morgan fingerprint density at radius 1 is 1.03 bits per heavy atom. The van der Waals surface area contributed by atoms with Crippen molar-refractivity contribution in [2.24, 2.45) is 17.6 Å². The first-order chi connectivity index (χ1) is 17.1. The number of nitrogens with zero attached hydrogens (tertiary/aromatic N) is 5. The van der Waals surface area contributed by atoms with E-state index in [1.807, 2.05) is 30.3 Å². The average molecular weight is 465 g/mol. The molecule has 4 aromatic rings. The molecule has 8 heteroatoms. The molecule has 0 saturated heterocycles. The number of hydrogen-bond acceptors (Lipinski definition) is 7. The van der Waals surface area contributed by atoms with Gasteiger partial charge in [-0.05, 0) is 54.6 Å². The van der Waals surface area contributed by atoms with Crippen LogP contribution < -0.4 is 16.0 Å². The van der Waals surface area contributed by atoms with E-state index in [2.05, 4.69) is 21.1 Å². The fraction of sp³-hybridized carbons (Fsp3) is 0.222. The Morgan fingerprint density at radius 2 is 1.83 bits per heavy atom. The van der Waals surface area contributed by atoms with E-state index in [0.29, 0.717) is 54.4 Å². The summed E-state index contributed by atoms with van der Waals surface area (Å²) in [4.78, 5) is 21.4. The monoisotopic (exact) mass is 464 g/mol. The zero-order valence-corrected chi connectivity index (χ0v) is 19.0. The number of benzene rings is 2. The highest BCUT2D eigenvalue weighted by Gasteiger charge is 2.36. The molecule has 2 N–H and O–H groups in total. The Bertz CT molecular complexity index is 1440. The number of nitriles is 1. The predicted octanol–water partition coefficient (Wildman–Crippen LogP) is 3.26. The van der Waals surface area contributed by atoms with Crippen LogP contribution in [0.2, 0.25) is 0 Å². The topological polar surface area (TPSA) is 120 Å². The molecule has 2 aromatic heterocycles. The molecule has 2 aromatic carbocycles. The van der Waals surface area contributed by atoms with E-state index in [-0.39, 0.29) is 5.56 Å². The molecule has 0 bridgehead atoms. The zero-order valence-electron chi connectivity index (χ0n) is 19.0. The zero-order chi connectivity index (χ0) is 24.2. The second-order valence-electron chi connectivity index (χ2n) is 8.65. The molecule has 174 valence electrons. The molecule has 35 heavy (non-hydrogen) atoms. The lowest BCUT2D eigenvalue weighted by molar-refractivity contribution is 0.290. The number of nitrogens with two attached hydrogens (primary N) is 1. The molecule has 8 nitrogen and oxygen atoms in total. The van der Waals surface area contributed by atoms with Crippen LogP contribution in [0.15, 0.2) is 77.9 Å². The van der Waals surface area contributed by atoms with Crippen LogP contribution in [0.5, 0.6) is 5.75 Å². The lowest BCUT2D eigenvalue weighted by Gasteiger charge is -2.09. The Balaban J connectivity index is 1.31. The molecule has 2 heterocycles. The quantitative estimate of drug-likeness (QED) is 0.425. The standard InChI is InChI=1S/C27H24N6O2/c28-12-18-3-1-5-20(9-18)25-7-8-26(34)33(32-25)16-19-4-2-6-21(10-19)27-30-14-24(15-31-27)35-17-23-11-22(23)13-29/h1-10,14-15,22-23H,11,13,16-17,29H2. The van der Waals surface area contributed by atoms with Crippen LogP contribution in [0.3, 0.4) is 0 Å². The second-order valence-corrected chi connectivity index (χ2v) is 8.65. The van der Waals surface area contributed by atoms with Crippen molar-refractivity contribution < 1.29 is 4.74 Å². The van der Waals surface area contributed by atoms with Gasteiger partial charge in [-0.2, -0.15) is 10.4 Å². The lowest BCUT2D eigenvalue weighted by Crippen LogP contribution is -2.22. The van der Waals surface area contributed by atoms with Crippen LogP contribution in [-0.4, -0.2) is 32.9 Å². The van der Waals surface area contributed by atoms with Crippen molar-refractivity contribution in [3.05, 3.63) is 94.5 Å². The van der Waals surface area contributed by atoms with Gasteiger partial charge in [0, 0.05) is 17.2 Å². The van der Waals surface area contributed by atoms with E-state index in [9.17, 15) is 4.79 Å². The second kappa shape index (κ2) is 9.87. The summed E-state index contributed by atoms with van der Waals surface area (Å²) in [7, 11) is 0. The minimum Gasteiger partial charge on any atom is -0.490 e. The summed E-state index contributed by atoms with van der Waals surface area (Å²) in [5.41, 5.74) is 9.15. The largest absolute Gasteiger partial charge is 0.490 e. The van der Waals surface area contributed by atoms with E-state index in [1.54, 1.807) is 36.7 Å². The third-order valence-corrected chi connectivity index (χ3v) is 6.14. The Kier molecular flexibility index (Phi) is 6.33. The van der Waals surface area contributed by atoms with E-state index < -0.39 is 0 Å². The normalized spacial score (nSPS) is 16.5. The summed E-state index contributed by atoms with van der Waals surface area (Å²) in [5, 5.41) is 13.7. The lowest BCUT2D eigenvalue weighted by atomic mass is 10.1. The Labute approximate surface area is 202 Å². The fourth-order valence-corrected chi connectivity index (χ4v) is 3.99. The molecule has 0 spiro atoms. The van der Waals surface area contributed by atoms with Crippen molar-refractivity contribution >= 4 is 0 Å². The van der Waals surface area contributed by atoms with Gasteiger partial charge in [0.15, 0.2) is 11.6 Å². The van der Waals surface area contributed by atoms with Crippen LogP contribution in [0.25, 0.3) is 22.6 Å². The summed E-state index contributed by atoms with van der Waals surface area (Å²) in [5.74, 6) is 2.32. The summed E-state index contributed by atoms with van der Waals surface area (Å²) in [6, 6.07) is 20.1. The average Bonchev–Trinajstić information content (AvgIpc) is 3.68. The van der Waals surface area contributed by atoms with Crippen LogP contribution in [0, 0.1) is 23.2 Å². The van der Waals surface area contributed by atoms with Gasteiger partial charge >= 0.3 is 0 Å². The van der Waals surface area contributed by atoms with Crippen LogP contribution >= 0.6 is 0 Å². The third kappa shape index (κ3) is 5.26. The van der Waals surface area contributed by atoms with Crippen LogP contribution in [0.1, 0.15) is 17.5 Å². The maximum absolute atomic E-state index is 12.5. The van der Waals surface area contributed by atoms with Crippen LogP contribution in [0.4, 0.5) is 0 Å². The van der Waals surface area contributed by atoms with Crippen LogP contribution in [-0.2, 0) is 6.54 Å². The van der Waals surface area contributed by atoms with E-state index in [4.69, 9.17) is 15.7 Å². The third-order valence-electron chi connectivity index (χ3n) is 6.14. The molecule has 2 unspecified atom stereocenters. The van der Waals surface area contributed by atoms with Crippen molar-refractivity contribution in [2.75, 3.05) is 13.2 Å². The molecule has 1 fully saturated rings. The molecular weight excluding hydrogens is 440 g/mol. The molecule has 0 aliphatic heterocycles. The summed E-state index contributed by atoms with van der Waals surface area (Å²) >= 11 is 0. The SMILES string of the molecule is N#Cc1cccc(-c2ccc(=O)n(Cc3cccc(-c4ncc(OCC5CC5CN)cn4)c3)n2)c1. The summed E-state index contributed by atoms with van der Waals surface area (Å²) < 4.78 is 7.20. The maximum Gasteiger partial charge on any atom is 0.267 e. The molecule has 1 aliphatic carbocycles. The summed E-state index contributed by atoms with van der Waals surface area (Å²) in [6.45, 7) is 1.64. The molecular formula is C27H24N6O2. The van der Waals surface area contributed by atoms with Crippen molar-refractivity contribution in [3.63, 3.8) is 0 Å². The fourth-order valence-electron chi connectivity index (χ4n) is 3.99. The Hall–Kier alpha value is -4.35. The number of hydrogen-bond donors (Lipinski definition) is 1. The minimum absolute atomic E-state index is 0.208. The molecule has 1 aliphatic rings. The highest BCUT2D eigenvalue weighted by molar-refractivity contribution is 5.60. The number of rotatable bonds is 8. The van der Waals surface area contributed by atoms with Crippen molar-refractivity contribution in [1.29, 1.82) is 5.26 Å². The van der Waals surface area contributed by atoms with Crippen molar-refractivity contribution in [1.82, 2.24) is 19.7 Å². The number of ether oxygens (including phenoxy) is 1.